The number of hydrogen-bond donors (Lipinski definition) is 1. The Kier molecular flexibility index (Phi) is 2.93. The van der Waals surface area contributed by atoms with E-state index >= 15 is 0 Å². The molecular formula is C12H9F2NOS. The lowest BCUT2D eigenvalue weighted by molar-refractivity contribution is 0.100. The predicted molar refractivity (Wildman–Crippen MR) is 62.9 cm³/mol. The van der Waals surface area contributed by atoms with Crippen LogP contribution in [0.1, 0.15) is 15.2 Å². The second kappa shape index (κ2) is 4.25. The van der Waals surface area contributed by atoms with Crippen LogP contribution in [-0.4, -0.2) is 5.91 Å². The fraction of sp³-hybridized carbons (Fsp3) is 0.0833. The summed E-state index contributed by atoms with van der Waals surface area (Å²) in [6, 6.07) is 3.66. The Morgan fingerprint density at radius 1 is 1.29 bits per heavy atom. The summed E-state index contributed by atoms with van der Waals surface area (Å²) in [6.07, 6.45) is 0. The molecule has 2 rings (SSSR count). The van der Waals surface area contributed by atoms with Crippen molar-refractivity contribution in [3.63, 3.8) is 0 Å². The third-order valence-corrected chi connectivity index (χ3v) is 3.59. The molecule has 17 heavy (non-hydrogen) atoms. The van der Waals surface area contributed by atoms with E-state index in [1.165, 1.54) is 23.6 Å². The summed E-state index contributed by atoms with van der Waals surface area (Å²) < 4.78 is 27.1. The van der Waals surface area contributed by atoms with Gasteiger partial charge in [-0.3, -0.25) is 4.79 Å². The van der Waals surface area contributed by atoms with Crippen molar-refractivity contribution in [1.29, 1.82) is 0 Å². The number of primary amides is 1. The monoisotopic (exact) mass is 253 g/mol. The molecule has 0 aliphatic heterocycles. The minimum Gasteiger partial charge on any atom is -0.365 e. The Labute approximate surface area is 101 Å². The van der Waals surface area contributed by atoms with Gasteiger partial charge < -0.3 is 5.73 Å². The maximum absolute atomic E-state index is 13.6. The van der Waals surface area contributed by atoms with Crippen LogP contribution in [0.5, 0.6) is 0 Å². The highest BCUT2D eigenvalue weighted by atomic mass is 32.1. The van der Waals surface area contributed by atoms with Gasteiger partial charge in [-0.2, -0.15) is 0 Å². The molecule has 0 saturated heterocycles. The van der Waals surface area contributed by atoms with E-state index in [9.17, 15) is 13.6 Å². The van der Waals surface area contributed by atoms with Gasteiger partial charge in [-0.05, 0) is 30.0 Å². The van der Waals surface area contributed by atoms with E-state index in [2.05, 4.69) is 0 Å². The number of rotatable bonds is 2. The van der Waals surface area contributed by atoms with E-state index in [1.807, 2.05) is 0 Å². The van der Waals surface area contributed by atoms with E-state index in [0.717, 1.165) is 11.3 Å². The van der Waals surface area contributed by atoms with Gasteiger partial charge >= 0.3 is 0 Å². The molecule has 2 aromatic rings. The van der Waals surface area contributed by atoms with Crippen molar-refractivity contribution < 1.29 is 13.6 Å². The third kappa shape index (κ3) is 1.93. The number of carbonyl (C=O) groups excluding carboxylic acids is 1. The zero-order valence-corrected chi connectivity index (χ0v) is 9.78. The smallest absolute Gasteiger partial charge is 0.259 e. The van der Waals surface area contributed by atoms with E-state index < -0.39 is 17.5 Å². The Bertz CT molecular complexity index is 572. The van der Waals surface area contributed by atoms with E-state index in [0.29, 0.717) is 16.0 Å². The van der Waals surface area contributed by atoms with Gasteiger partial charge in [-0.25, -0.2) is 8.78 Å². The largest absolute Gasteiger partial charge is 0.365 e. The number of amides is 1. The second-order valence-corrected chi connectivity index (χ2v) is 4.44. The summed E-state index contributed by atoms with van der Waals surface area (Å²) in [4.78, 5) is 11.4. The van der Waals surface area contributed by atoms with Crippen LogP contribution in [0.4, 0.5) is 8.78 Å². The highest BCUT2D eigenvalue weighted by Crippen LogP contribution is 2.34. The van der Waals surface area contributed by atoms with Crippen molar-refractivity contribution in [3.8, 4) is 11.1 Å². The molecular weight excluding hydrogens is 244 g/mol. The third-order valence-electron chi connectivity index (χ3n) is 2.50. The number of benzene rings is 1. The van der Waals surface area contributed by atoms with Crippen LogP contribution in [0.25, 0.3) is 11.1 Å². The molecule has 0 fully saturated rings. The lowest BCUT2D eigenvalue weighted by atomic mass is 10.0. The first-order chi connectivity index (χ1) is 8.02. The molecule has 1 heterocycles. The minimum absolute atomic E-state index is 0.117. The first-order valence-corrected chi connectivity index (χ1v) is 5.72. The van der Waals surface area contributed by atoms with Crippen molar-refractivity contribution >= 4 is 17.2 Å². The summed E-state index contributed by atoms with van der Waals surface area (Å²) >= 11 is 1.09. The van der Waals surface area contributed by atoms with E-state index in [1.54, 1.807) is 6.92 Å². The number of carbonyl (C=O) groups is 1. The van der Waals surface area contributed by atoms with Crippen molar-refractivity contribution in [2.24, 2.45) is 5.73 Å². The predicted octanol–water partition coefficient (Wildman–Crippen LogP) is 3.10. The molecule has 0 saturated carbocycles. The maximum atomic E-state index is 13.6. The van der Waals surface area contributed by atoms with Crippen LogP contribution in [0.2, 0.25) is 0 Å². The topological polar surface area (TPSA) is 43.1 Å². The molecule has 0 spiro atoms. The number of thiophene rings is 1. The standard InChI is InChI=1S/C12H9F2NOS/c1-6-7(5-17-11(6)12(15)16)10-8(13)3-2-4-9(10)14/h2-5H,1H3,(H2,15,16). The quantitative estimate of drug-likeness (QED) is 0.878. The van der Waals surface area contributed by atoms with Crippen molar-refractivity contribution in [1.82, 2.24) is 0 Å². The maximum Gasteiger partial charge on any atom is 0.259 e. The molecule has 1 amide bonds. The fourth-order valence-corrected chi connectivity index (χ4v) is 2.59. The van der Waals surface area contributed by atoms with Crippen LogP contribution >= 0.6 is 11.3 Å². The van der Waals surface area contributed by atoms with Crippen molar-refractivity contribution in [3.05, 3.63) is 45.7 Å². The van der Waals surface area contributed by atoms with Crippen molar-refractivity contribution in [2.75, 3.05) is 0 Å². The SMILES string of the molecule is Cc1c(-c2c(F)cccc2F)csc1C(N)=O. The van der Waals surface area contributed by atoms with Crippen molar-refractivity contribution in [2.45, 2.75) is 6.92 Å². The van der Waals surface area contributed by atoms with Crippen LogP contribution < -0.4 is 5.73 Å². The van der Waals surface area contributed by atoms with Crippen LogP contribution in [0.3, 0.4) is 0 Å². The minimum atomic E-state index is -0.651. The molecule has 5 heteroatoms. The van der Waals surface area contributed by atoms with Crippen LogP contribution in [-0.2, 0) is 0 Å². The average molecular weight is 253 g/mol. The van der Waals surface area contributed by atoms with Gasteiger partial charge in [0.2, 0.25) is 0 Å². The highest BCUT2D eigenvalue weighted by Gasteiger charge is 2.18. The molecule has 0 atom stereocenters. The van der Waals surface area contributed by atoms with E-state index in [-0.39, 0.29) is 5.56 Å². The fourth-order valence-electron chi connectivity index (χ4n) is 1.66. The first kappa shape index (κ1) is 11.7. The number of hydrogen-bond acceptors (Lipinski definition) is 2. The Hall–Kier alpha value is -1.75. The molecule has 88 valence electrons. The molecule has 2 nitrogen and oxygen atoms in total. The molecule has 1 aromatic heterocycles. The molecule has 0 unspecified atom stereocenters. The van der Waals surface area contributed by atoms with Gasteiger partial charge in [0.05, 0.1) is 10.4 Å². The van der Waals surface area contributed by atoms with Gasteiger partial charge in [0, 0.05) is 5.56 Å². The summed E-state index contributed by atoms with van der Waals surface area (Å²) in [7, 11) is 0. The average Bonchev–Trinajstić information content (AvgIpc) is 2.61. The van der Waals surface area contributed by atoms with Gasteiger partial charge in [-0.1, -0.05) is 6.07 Å². The lowest BCUT2D eigenvalue weighted by Crippen LogP contribution is -2.10. The number of nitrogens with two attached hydrogens (primary N) is 1. The summed E-state index contributed by atoms with van der Waals surface area (Å²) in [6.45, 7) is 1.62. The number of halogens is 2. The molecule has 0 radical (unpaired) electrons. The highest BCUT2D eigenvalue weighted by molar-refractivity contribution is 7.12. The first-order valence-electron chi connectivity index (χ1n) is 4.84. The van der Waals surface area contributed by atoms with E-state index in [4.69, 9.17) is 5.73 Å². The van der Waals surface area contributed by atoms with Gasteiger partial charge in [0.15, 0.2) is 0 Å². The van der Waals surface area contributed by atoms with Crippen LogP contribution in [0, 0.1) is 18.6 Å². The molecule has 1 aromatic carbocycles. The summed E-state index contributed by atoms with van der Waals surface area (Å²) in [5.74, 6) is -1.89. The summed E-state index contributed by atoms with van der Waals surface area (Å²) in [5.41, 5.74) is 5.93. The molecule has 0 aliphatic carbocycles. The normalized spacial score (nSPS) is 10.5. The van der Waals surface area contributed by atoms with Gasteiger partial charge in [0.1, 0.15) is 11.6 Å². The Morgan fingerprint density at radius 3 is 2.35 bits per heavy atom. The zero-order valence-electron chi connectivity index (χ0n) is 8.96. The second-order valence-electron chi connectivity index (χ2n) is 3.56. The van der Waals surface area contributed by atoms with Gasteiger partial charge in [0.25, 0.3) is 5.91 Å². The molecule has 0 aliphatic rings. The lowest BCUT2D eigenvalue weighted by Gasteiger charge is -2.04. The molecule has 0 bridgehead atoms. The Balaban J connectivity index is 2.66. The zero-order chi connectivity index (χ0) is 12.6. The molecule has 2 N–H and O–H groups in total. The van der Waals surface area contributed by atoms with Crippen LogP contribution in [0.15, 0.2) is 23.6 Å². The van der Waals surface area contributed by atoms with Gasteiger partial charge in [-0.15, -0.1) is 11.3 Å². The Morgan fingerprint density at radius 2 is 1.88 bits per heavy atom. The summed E-state index contributed by atoms with van der Waals surface area (Å²) in [5, 5.41) is 1.54.